The largest absolute Gasteiger partial charge is 0.493 e. The monoisotopic (exact) mass is 414 g/mol. The Kier molecular flexibility index (Phi) is 6.86. The molecule has 1 amide bonds. The fraction of sp³-hybridized carbons (Fsp3) is 0.458. The molecule has 2 aromatic rings. The van der Waals surface area contributed by atoms with E-state index in [9.17, 15) is 4.79 Å². The van der Waals surface area contributed by atoms with Gasteiger partial charge in [-0.2, -0.15) is 0 Å². The van der Waals surface area contributed by atoms with Crippen LogP contribution in [-0.4, -0.2) is 49.0 Å². The van der Waals surface area contributed by atoms with Gasteiger partial charge >= 0.3 is 0 Å². The van der Waals surface area contributed by atoms with Crippen LogP contribution in [0.25, 0.3) is 0 Å². The second-order valence-electron chi connectivity index (χ2n) is 8.22. The molecule has 0 bridgehead atoms. The molecule has 0 radical (unpaired) electrons. The fourth-order valence-electron chi connectivity index (χ4n) is 4.96. The number of carbonyl (C=O) groups excluding carboxylic acids is 1. The summed E-state index contributed by atoms with van der Waals surface area (Å²) in [5, 5.41) is 0. The molecule has 2 aliphatic heterocycles. The number of para-hydroxylation sites is 1. The molecule has 4 rings (SSSR count). The van der Waals surface area contributed by atoms with Gasteiger partial charge in [0.2, 0.25) is 0 Å². The van der Waals surface area contributed by atoms with Crippen molar-refractivity contribution in [1.29, 1.82) is 0 Å². The lowest BCUT2D eigenvalue weighted by Gasteiger charge is -2.28. The van der Waals surface area contributed by atoms with Crippen LogP contribution in [0.1, 0.15) is 40.9 Å². The third-order valence-corrected chi connectivity index (χ3v) is 6.27. The van der Waals surface area contributed by atoms with Crippen molar-refractivity contribution in [2.24, 2.45) is 11.8 Å². The maximum absolute atomic E-state index is 13.3. The molecule has 5 heteroatoms. The summed E-state index contributed by atoms with van der Waals surface area (Å²) in [7, 11) is 2.22. The third kappa shape index (κ3) is 4.15. The van der Waals surface area contributed by atoms with Gasteiger partial charge in [0.25, 0.3) is 5.91 Å². The molecule has 0 spiro atoms. The number of benzene rings is 2. The lowest BCUT2D eigenvalue weighted by molar-refractivity contribution is 0.0763. The Morgan fingerprint density at radius 1 is 1.07 bits per heavy atom. The van der Waals surface area contributed by atoms with Crippen LogP contribution in [-0.2, 0) is 0 Å². The molecule has 0 unspecified atom stereocenters. The Bertz CT molecular complexity index is 856. The third-order valence-electron chi connectivity index (χ3n) is 6.27. The van der Waals surface area contributed by atoms with Crippen molar-refractivity contribution in [3.8, 4) is 5.75 Å². The van der Waals surface area contributed by atoms with Crippen molar-refractivity contribution in [3.05, 3.63) is 65.2 Å². The van der Waals surface area contributed by atoms with Crippen LogP contribution in [0.5, 0.6) is 5.75 Å². The first-order valence-corrected chi connectivity index (χ1v) is 10.4. The van der Waals surface area contributed by atoms with E-state index in [4.69, 9.17) is 4.74 Å². The topological polar surface area (TPSA) is 32.8 Å². The van der Waals surface area contributed by atoms with Crippen molar-refractivity contribution >= 4 is 18.3 Å². The summed E-state index contributed by atoms with van der Waals surface area (Å²) in [6, 6.07) is 16.7. The summed E-state index contributed by atoms with van der Waals surface area (Å²) < 4.78 is 5.83. The number of halogens is 1. The van der Waals surface area contributed by atoms with Gasteiger partial charge in [-0.15, -0.1) is 12.4 Å². The number of hydrogen-bond acceptors (Lipinski definition) is 3. The highest BCUT2D eigenvalue weighted by Gasteiger charge is 2.47. The van der Waals surface area contributed by atoms with Crippen LogP contribution in [0.15, 0.2) is 48.5 Å². The first-order chi connectivity index (χ1) is 13.6. The van der Waals surface area contributed by atoms with Crippen LogP contribution in [0.2, 0.25) is 0 Å². The van der Waals surface area contributed by atoms with Gasteiger partial charge < -0.3 is 9.64 Å². The number of hydrogen-bond donors (Lipinski definition) is 0. The van der Waals surface area contributed by atoms with Crippen molar-refractivity contribution in [1.82, 2.24) is 9.80 Å². The average molecular weight is 415 g/mol. The number of fused-ring (bicyclic) bond motifs is 1. The number of likely N-dealkylation sites (tertiary alicyclic amines) is 2. The molecule has 0 saturated carbocycles. The number of amides is 1. The van der Waals surface area contributed by atoms with Crippen LogP contribution in [0, 0.1) is 18.8 Å². The minimum absolute atomic E-state index is 0. The quantitative estimate of drug-likeness (QED) is 0.717. The van der Waals surface area contributed by atoms with Gasteiger partial charge in [0.05, 0.1) is 12.2 Å². The van der Waals surface area contributed by atoms with Gasteiger partial charge in [-0.25, -0.2) is 0 Å². The van der Waals surface area contributed by atoms with Crippen LogP contribution in [0.4, 0.5) is 0 Å². The standard InChI is InChI=1S/C24H30N2O2.ClH/c1-4-13-28-22-12-8-7-11-20(22)24(27)26-15-18-14-25(3)23(21(18)16-26)19-10-6-5-9-17(19)2;/h5-12,18,21,23H,4,13-16H2,1-3H3;1H/t18-,21+,23-;/m0./s1. The predicted octanol–water partition coefficient (Wildman–Crippen LogP) is 4.58. The normalized spacial score (nSPS) is 23.6. The average Bonchev–Trinajstić information content (AvgIpc) is 3.23. The van der Waals surface area contributed by atoms with E-state index in [0.29, 0.717) is 35.8 Å². The number of ether oxygens (including phenoxy) is 1. The van der Waals surface area contributed by atoms with Gasteiger partial charge in [-0.3, -0.25) is 9.69 Å². The smallest absolute Gasteiger partial charge is 0.257 e. The highest BCUT2D eigenvalue weighted by molar-refractivity contribution is 5.97. The zero-order valence-corrected chi connectivity index (χ0v) is 18.3. The second-order valence-corrected chi connectivity index (χ2v) is 8.22. The van der Waals surface area contributed by atoms with E-state index in [2.05, 4.69) is 50.1 Å². The van der Waals surface area contributed by atoms with E-state index in [1.165, 1.54) is 11.1 Å². The Morgan fingerprint density at radius 3 is 2.55 bits per heavy atom. The van der Waals surface area contributed by atoms with E-state index in [1.807, 2.05) is 29.2 Å². The number of carbonyl (C=O) groups is 1. The molecule has 156 valence electrons. The first-order valence-electron chi connectivity index (χ1n) is 10.4. The number of aryl methyl sites for hydroxylation is 1. The SMILES string of the molecule is CCCOc1ccccc1C(=O)N1C[C@@H]2CN(C)[C@@H](c3ccccc3C)[C@@H]2C1.Cl. The zero-order chi connectivity index (χ0) is 19.7. The maximum atomic E-state index is 13.3. The maximum Gasteiger partial charge on any atom is 0.257 e. The van der Waals surface area contributed by atoms with E-state index in [-0.39, 0.29) is 18.3 Å². The summed E-state index contributed by atoms with van der Waals surface area (Å²) in [6.07, 6.45) is 0.931. The van der Waals surface area contributed by atoms with E-state index < -0.39 is 0 Å². The molecule has 2 saturated heterocycles. The Balaban J connectivity index is 0.00000240. The summed E-state index contributed by atoms with van der Waals surface area (Å²) in [5.74, 6) is 1.83. The van der Waals surface area contributed by atoms with E-state index in [0.717, 1.165) is 26.1 Å². The second kappa shape index (κ2) is 9.19. The van der Waals surface area contributed by atoms with Crippen LogP contribution >= 0.6 is 12.4 Å². The molecule has 0 aromatic heterocycles. The van der Waals surface area contributed by atoms with Crippen molar-refractivity contribution in [2.45, 2.75) is 26.3 Å². The minimum Gasteiger partial charge on any atom is -0.493 e. The van der Waals surface area contributed by atoms with Gasteiger partial charge in [-0.05, 0) is 49.6 Å². The highest BCUT2D eigenvalue weighted by Crippen LogP contribution is 2.45. The molecule has 29 heavy (non-hydrogen) atoms. The molecule has 3 atom stereocenters. The summed E-state index contributed by atoms with van der Waals surface area (Å²) in [5.41, 5.74) is 3.43. The molecule has 2 fully saturated rings. The summed E-state index contributed by atoms with van der Waals surface area (Å²) in [4.78, 5) is 17.8. The molecule has 2 aliphatic rings. The fourth-order valence-corrected chi connectivity index (χ4v) is 4.96. The van der Waals surface area contributed by atoms with Gasteiger partial charge in [0.15, 0.2) is 0 Å². The van der Waals surface area contributed by atoms with Gasteiger partial charge in [0.1, 0.15) is 5.75 Å². The lowest BCUT2D eigenvalue weighted by Crippen LogP contribution is -2.33. The number of rotatable bonds is 5. The van der Waals surface area contributed by atoms with Crippen molar-refractivity contribution in [2.75, 3.05) is 33.3 Å². The van der Waals surface area contributed by atoms with E-state index >= 15 is 0 Å². The lowest BCUT2D eigenvalue weighted by atomic mass is 9.88. The molecule has 0 N–H and O–H groups in total. The Labute approximate surface area is 180 Å². The first kappa shape index (κ1) is 21.7. The summed E-state index contributed by atoms with van der Waals surface area (Å²) in [6.45, 7) is 7.59. The highest BCUT2D eigenvalue weighted by atomic mass is 35.5. The van der Waals surface area contributed by atoms with Gasteiger partial charge in [-0.1, -0.05) is 43.3 Å². The Morgan fingerprint density at radius 2 is 1.79 bits per heavy atom. The molecule has 2 aromatic carbocycles. The predicted molar refractivity (Wildman–Crippen MR) is 119 cm³/mol. The van der Waals surface area contributed by atoms with Crippen LogP contribution in [0.3, 0.4) is 0 Å². The molecule has 0 aliphatic carbocycles. The van der Waals surface area contributed by atoms with E-state index in [1.54, 1.807) is 0 Å². The zero-order valence-electron chi connectivity index (χ0n) is 17.5. The number of nitrogens with zero attached hydrogens (tertiary/aromatic N) is 2. The molecule has 4 nitrogen and oxygen atoms in total. The minimum atomic E-state index is 0. The van der Waals surface area contributed by atoms with Gasteiger partial charge in [0, 0.05) is 31.6 Å². The molecular weight excluding hydrogens is 384 g/mol. The molecule has 2 heterocycles. The molecular formula is C24H31ClN2O2. The Hall–Kier alpha value is -2.04. The van der Waals surface area contributed by atoms with Crippen molar-refractivity contribution < 1.29 is 9.53 Å². The van der Waals surface area contributed by atoms with Crippen LogP contribution < -0.4 is 4.74 Å². The summed E-state index contributed by atoms with van der Waals surface area (Å²) >= 11 is 0. The van der Waals surface area contributed by atoms with Crippen molar-refractivity contribution in [3.63, 3.8) is 0 Å².